The highest BCUT2D eigenvalue weighted by molar-refractivity contribution is 7.92. The summed E-state index contributed by atoms with van der Waals surface area (Å²) in [6.07, 6.45) is 9.53. The van der Waals surface area contributed by atoms with Crippen LogP contribution in [-0.2, 0) is 31.6 Å². The number of carbonyl (C=O) groups is 2. The molecule has 4 bridgehead atoms. The van der Waals surface area contributed by atoms with Crippen LogP contribution in [0.1, 0.15) is 69.9 Å². The molecule has 42 heavy (non-hydrogen) atoms. The number of carbonyl (C=O) groups excluding carboxylic acids is 2. The van der Waals surface area contributed by atoms with Gasteiger partial charge in [0.25, 0.3) is 0 Å². The number of nitrogens with one attached hydrogen (secondary N) is 1. The van der Waals surface area contributed by atoms with E-state index in [0.717, 1.165) is 34.7 Å². The first kappa shape index (κ1) is 31.1. The molecule has 228 valence electrons. The van der Waals surface area contributed by atoms with Gasteiger partial charge in [-0.1, -0.05) is 48.3 Å². The number of sulfonamides is 1. The van der Waals surface area contributed by atoms with E-state index in [4.69, 9.17) is 23.2 Å². The average molecular weight is 635 g/mol. The number of amides is 2. The maximum absolute atomic E-state index is 13.9. The van der Waals surface area contributed by atoms with Crippen LogP contribution in [0.4, 0.5) is 5.69 Å². The van der Waals surface area contributed by atoms with Crippen molar-refractivity contribution in [2.24, 2.45) is 17.8 Å². The third-order valence-electron chi connectivity index (χ3n) is 9.59. The van der Waals surface area contributed by atoms with Crippen LogP contribution in [0.25, 0.3) is 0 Å². The first-order chi connectivity index (χ1) is 19.9. The number of nitrogens with zero attached hydrogens (tertiary/aromatic N) is 2. The van der Waals surface area contributed by atoms with Crippen molar-refractivity contribution >= 4 is 50.7 Å². The highest BCUT2D eigenvalue weighted by atomic mass is 35.5. The number of benzene rings is 2. The fraction of sp³-hybridized carbons (Fsp3) is 0.562. The molecule has 7 nitrogen and oxygen atoms in total. The quantitative estimate of drug-likeness (QED) is 0.321. The minimum atomic E-state index is -3.82. The van der Waals surface area contributed by atoms with Crippen LogP contribution < -0.4 is 9.62 Å². The lowest BCUT2D eigenvalue weighted by molar-refractivity contribution is -0.139. The molecule has 0 saturated heterocycles. The predicted octanol–water partition coefficient (Wildman–Crippen LogP) is 6.17. The number of hydrogen-bond donors (Lipinski definition) is 1. The first-order valence-corrected chi connectivity index (χ1v) is 17.6. The fourth-order valence-corrected chi connectivity index (χ4v) is 9.26. The molecule has 0 spiro atoms. The molecular weight excluding hydrogens is 593 g/mol. The van der Waals surface area contributed by atoms with Crippen molar-refractivity contribution in [3.05, 3.63) is 63.6 Å². The summed E-state index contributed by atoms with van der Waals surface area (Å²) in [5.74, 6) is 1.54. The van der Waals surface area contributed by atoms with Gasteiger partial charge in [0.2, 0.25) is 21.8 Å². The molecule has 4 aliphatic carbocycles. The maximum atomic E-state index is 13.9. The standard InChI is InChI=1S/C32H41Cl2N3O4S/c1-4-12-35-31(39)21(2)36(19-27-28(33)6-5-7-29(27)34)30(38)20-37(42(3,40)41)26-10-8-25(9-11-26)32-16-22-13-23(17-32)15-24(14-22)18-32/h5-11,21-24H,4,12-20H2,1-3H3,(H,35,39)/t21-,22?,23?,24?,32?/m1/s1. The molecule has 4 fully saturated rings. The molecule has 4 saturated carbocycles. The monoisotopic (exact) mass is 633 g/mol. The minimum Gasteiger partial charge on any atom is -0.354 e. The summed E-state index contributed by atoms with van der Waals surface area (Å²) in [4.78, 5) is 28.2. The van der Waals surface area contributed by atoms with E-state index in [1.165, 1.54) is 49.0 Å². The lowest BCUT2D eigenvalue weighted by atomic mass is 9.48. The Labute approximate surface area is 260 Å². The van der Waals surface area contributed by atoms with Gasteiger partial charge in [0.1, 0.15) is 12.6 Å². The second-order valence-electron chi connectivity index (χ2n) is 12.7. The van der Waals surface area contributed by atoms with Gasteiger partial charge in [0.15, 0.2) is 0 Å². The van der Waals surface area contributed by atoms with Crippen molar-refractivity contribution in [2.75, 3.05) is 23.7 Å². The van der Waals surface area contributed by atoms with E-state index in [1.54, 1.807) is 25.1 Å². The Hall–Kier alpha value is -2.29. The number of hydrogen-bond acceptors (Lipinski definition) is 4. The van der Waals surface area contributed by atoms with Crippen molar-refractivity contribution in [1.29, 1.82) is 0 Å². The Balaban J connectivity index is 1.40. The first-order valence-electron chi connectivity index (χ1n) is 15.0. The normalized spacial score (nSPS) is 25.2. The molecule has 0 heterocycles. The molecule has 1 atom stereocenters. The highest BCUT2D eigenvalue weighted by Crippen LogP contribution is 2.60. The maximum Gasteiger partial charge on any atom is 0.244 e. The Kier molecular flexibility index (Phi) is 9.17. The molecule has 1 N–H and O–H groups in total. The van der Waals surface area contributed by atoms with Crippen LogP contribution in [-0.4, -0.2) is 50.5 Å². The molecule has 2 aromatic carbocycles. The van der Waals surface area contributed by atoms with Crippen molar-refractivity contribution in [3.8, 4) is 0 Å². The predicted molar refractivity (Wildman–Crippen MR) is 168 cm³/mol. The van der Waals surface area contributed by atoms with Crippen LogP contribution in [0.15, 0.2) is 42.5 Å². The van der Waals surface area contributed by atoms with E-state index in [9.17, 15) is 18.0 Å². The van der Waals surface area contributed by atoms with Gasteiger partial charge >= 0.3 is 0 Å². The summed E-state index contributed by atoms with van der Waals surface area (Å²) in [6.45, 7) is 3.53. The zero-order valence-electron chi connectivity index (χ0n) is 24.6. The van der Waals surface area contributed by atoms with E-state index in [-0.39, 0.29) is 17.9 Å². The van der Waals surface area contributed by atoms with Crippen LogP contribution in [0.3, 0.4) is 0 Å². The molecule has 2 amide bonds. The summed E-state index contributed by atoms with van der Waals surface area (Å²) in [7, 11) is -3.82. The van der Waals surface area contributed by atoms with Crippen LogP contribution >= 0.6 is 23.2 Å². The van der Waals surface area contributed by atoms with Gasteiger partial charge in [0, 0.05) is 28.7 Å². The average Bonchev–Trinajstić information content (AvgIpc) is 2.93. The summed E-state index contributed by atoms with van der Waals surface area (Å²) in [5, 5.41) is 3.55. The van der Waals surface area contributed by atoms with Crippen LogP contribution in [0.2, 0.25) is 10.0 Å². The van der Waals surface area contributed by atoms with Crippen molar-refractivity contribution in [2.45, 2.75) is 76.8 Å². The van der Waals surface area contributed by atoms with E-state index in [2.05, 4.69) is 17.4 Å². The fourth-order valence-electron chi connectivity index (χ4n) is 7.89. The molecule has 4 aliphatic rings. The van der Waals surface area contributed by atoms with Gasteiger partial charge in [-0.15, -0.1) is 0 Å². The topological polar surface area (TPSA) is 86.8 Å². The molecule has 0 aliphatic heterocycles. The largest absolute Gasteiger partial charge is 0.354 e. The van der Waals surface area contributed by atoms with E-state index in [1.807, 2.05) is 19.1 Å². The highest BCUT2D eigenvalue weighted by Gasteiger charge is 2.51. The van der Waals surface area contributed by atoms with E-state index in [0.29, 0.717) is 27.8 Å². The minimum absolute atomic E-state index is 0.0411. The Bertz CT molecular complexity index is 1370. The second-order valence-corrected chi connectivity index (χ2v) is 15.4. The lowest BCUT2D eigenvalue weighted by Gasteiger charge is -2.57. The SMILES string of the molecule is CCCNC(=O)[C@@H](C)N(Cc1c(Cl)cccc1Cl)C(=O)CN(c1ccc(C23CC4CC(CC(C4)C2)C3)cc1)S(C)(=O)=O. The van der Waals surface area contributed by atoms with Gasteiger partial charge < -0.3 is 10.2 Å². The number of rotatable bonds is 11. The van der Waals surface area contributed by atoms with E-state index >= 15 is 0 Å². The van der Waals surface area contributed by atoms with Crippen molar-refractivity contribution in [3.63, 3.8) is 0 Å². The van der Waals surface area contributed by atoms with Gasteiger partial charge in [-0.2, -0.15) is 0 Å². The van der Waals surface area contributed by atoms with Gasteiger partial charge in [-0.05, 0) is 105 Å². The summed E-state index contributed by atoms with van der Waals surface area (Å²) in [5.41, 5.74) is 2.39. The smallest absolute Gasteiger partial charge is 0.244 e. The van der Waals surface area contributed by atoms with Crippen LogP contribution in [0, 0.1) is 17.8 Å². The van der Waals surface area contributed by atoms with Gasteiger partial charge in [-0.3, -0.25) is 13.9 Å². The number of anilines is 1. The second kappa shape index (κ2) is 12.4. The van der Waals surface area contributed by atoms with Gasteiger partial charge in [-0.25, -0.2) is 8.42 Å². The van der Waals surface area contributed by atoms with Crippen LogP contribution in [0.5, 0.6) is 0 Å². The molecule has 2 aromatic rings. The molecule has 0 radical (unpaired) electrons. The van der Waals surface area contributed by atoms with Crippen molar-refractivity contribution in [1.82, 2.24) is 10.2 Å². The zero-order valence-corrected chi connectivity index (χ0v) is 26.9. The molecule has 0 aromatic heterocycles. The molecule has 10 heteroatoms. The zero-order chi connectivity index (χ0) is 30.2. The Morgan fingerprint density at radius 1 is 0.976 bits per heavy atom. The third-order valence-corrected chi connectivity index (χ3v) is 11.4. The lowest BCUT2D eigenvalue weighted by Crippen LogP contribution is -2.51. The number of halogens is 2. The molecule has 0 unspecified atom stereocenters. The third kappa shape index (κ3) is 6.46. The van der Waals surface area contributed by atoms with Gasteiger partial charge in [0.05, 0.1) is 11.9 Å². The molecule has 6 rings (SSSR count). The Morgan fingerprint density at radius 2 is 1.52 bits per heavy atom. The Morgan fingerprint density at radius 3 is 2.02 bits per heavy atom. The molecular formula is C32H41Cl2N3O4S. The summed E-state index contributed by atoms with van der Waals surface area (Å²) < 4.78 is 27.2. The summed E-state index contributed by atoms with van der Waals surface area (Å²) >= 11 is 12.8. The summed E-state index contributed by atoms with van der Waals surface area (Å²) in [6, 6.07) is 11.9. The van der Waals surface area contributed by atoms with Crippen molar-refractivity contribution < 1.29 is 18.0 Å². The van der Waals surface area contributed by atoms with E-state index < -0.39 is 28.5 Å².